The van der Waals surface area contributed by atoms with E-state index in [0.29, 0.717) is 16.8 Å². The lowest BCUT2D eigenvalue weighted by Crippen LogP contribution is -2.27. The molecule has 0 atom stereocenters. The molecule has 0 aliphatic rings. The fourth-order valence-corrected chi connectivity index (χ4v) is 2.14. The van der Waals surface area contributed by atoms with Crippen molar-refractivity contribution in [3.05, 3.63) is 69.8 Å². The molecule has 2 aromatic carbocycles. The number of benzene rings is 2. The molecule has 0 fully saturated rings. The first-order valence-electron chi connectivity index (χ1n) is 7.77. The van der Waals surface area contributed by atoms with E-state index in [-0.39, 0.29) is 5.69 Å². The van der Waals surface area contributed by atoms with Crippen molar-refractivity contribution >= 4 is 29.6 Å². The molecular formula is C19H20N2O4. The number of ether oxygens (including phenoxy) is 1. The molecule has 0 heterocycles. The fraction of sp³-hybridized carbons (Fsp3) is 0.211. The minimum Gasteiger partial charge on any atom is -0.444 e. The second-order valence-corrected chi connectivity index (χ2v) is 6.36. The van der Waals surface area contributed by atoms with Crippen molar-refractivity contribution in [1.82, 2.24) is 0 Å². The van der Waals surface area contributed by atoms with E-state index < -0.39 is 16.6 Å². The van der Waals surface area contributed by atoms with Crippen LogP contribution in [0.1, 0.15) is 31.9 Å². The van der Waals surface area contributed by atoms with Crippen LogP contribution < -0.4 is 5.32 Å². The summed E-state index contributed by atoms with van der Waals surface area (Å²) in [5.41, 5.74) is 1.19. The number of para-hydroxylation sites is 2. The van der Waals surface area contributed by atoms with E-state index in [2.05, 4.69) is 5.32 Å². The molecule has 130 valence electrons. The highest BCUT2D eigenvalue weighted by atomic mass is 16.6. The number of anilines is 1. The molecule has 0 spiro atoms. The zero-order chi connectivity index (χ0) is 18.4. The topological polar surface area (TPSA) is 81.5 Å². The minimum absolute atomic E-state index is 0.0244. The van der Waals surface area contributed by atoms with Crippen LogP contribution >= 0.6 is 0 Å². The maximum atomic E-state index is 12.0. The van der Waals surface area contributed by atoms with Gasteiger partial charge >= 0.3 is 6.09 Å². The monoisotopic (exact) mass is 340 g/mol. The Morgan fingerprint density at radius 1 is 1.04 bits per heavy atom. The van der Waals surface area contributed by atoms with E-state index in [0.717, 1.165) is 0 Å². The van der Waals surface area contributed by atoms with Gasteiger partial charge in [0.2, 0.25) is 0 Å². The molecule has 2 aromatic rings. The van der Waals surface area contributed by atoms with Crippen LogP contribution in [0, 0.1) is 10.1 Å². The number of nitrogens with one attached hydrogen (secondary N) is 1. The van der Waals surface area contributed by atoms with Crippen molar-refractivity contribution < 1.29 is 14.5 Å². The van der Waals surface area contributed by atoms with Gasteiger partial charge in [-0.15, -0.1) is 0 Å². The van der Waals surface area contributed by atoms with Gasteiger partial charge in [0.15, 0.2) is 0 Å². The van der Waals surface area contributed by atoms with E-state index in [4.69, 9.17) is 4.74 Å². The highest BCUT2D eigenvalue weighted by Gasteiger charge is 2.17. The van der Waals surface area contributed by atoms with Crippen molar-refractivity contribution in [3.8, 4) is 0 Å². The summed E-state index contributed by atoms with van der Waals surface area (Å²) in [6.07, 6.45) is 2.81. The average molecular weight is 340 g/mol. The van der Waals surface area contributed by atoms with Gasteiger partial charge in [-0.1, -0.05) is 36.4 Å². The largest absolute Gasteiger partial charge is 0.444 e. The Kier molecular flexibility index (Phi) is 5.54. The summed E-state index contributed by atoms with van der Waals surface area (Å²) in [6, 6.07) is 13.6. The van der Waals surface area contributed by atoms with Crippen LogP contribution in [0.5, 0.6) is 0 Å². The molecule has 0 saturated carbocycles. The Hall–Kier alpha value is -3.15. The van der Waals surface area contributed by atoms with Crippen LogP contribution in [0.2, 0.25) is 0 Å². The Labute approximate surface area is 146 Å². The van der Waals surface area contributed by atoms with Crippen molar-refractivity contribution in [2.45, 2.75) is 26.4 Å². The van der Waals surface area contributed by atoms with Gasteiger partial charge in [0.05, 0.1) is 16.2 Å². The number of nitro benzene ring substituents is 1. The number of hydrogen-bond acceptors (Lipinski definition) is 4. The van der Waals surface area contributed by atoms with E-state index in [1.165, 1.54) is 6.07 Å². The second kappa shape index (κ2) is 7.61. The summed E-state index contributed by atoms with van der Waals surface area (Å²) in [6.45, 7) is 5.35. The van der Waals surface area contributed by atoms with Crippen molar-refractivity contribution in [2.75, 3.05) is 5.32 Å². The van der Waals surface area contributed by atoms with Gasteiger partial charge in [0.1, 0.15) is 5.60 Å². The SMILES string of the molecule is CC(C)(C)OC(=O)Nc1ccccc1/C=C/c1ccccc1[N+](=O)[O-]. The number of nitrogens with zero attached hydrogens (tertiary/aromatic N) is 1. The van der Waals surface area contributed by atoms with Gasteiger partial charge in [-0.05, 0) is 44.5 Å². The summed E-state index contributed by atoms with van der Waals surface area (Å²) in [5, 5.41) is 13.8. The molecule has 1 amide bonds. The van der Waals surface area contributed by atoms with Crippen LogP contribution in [0.15, 0.2) is 48.5 Å². The Morgan fingerprint density at radius 2 is 1.60 bits per heavy atom. The molecule has 0 unspecified atom stereocenters. The maximum absolute atomic E-state index is 12.0. The van der Waals surface area contributed by atoms with Gasteiger partial charge in [0, 0.05) is 6.07 Å². The molecule has 0 aromatic heterocycles. The first kappa shape index (κ1) is 18.2. The first-order valence-corrected chi connectivity index (χ1v) is 7.77. The van der Waals surface area contributed by atoms with Crippen LogP contribution in [0.4, 0.5) is 16.2 Å². The van der Waals surface area contributed by atoms with E-state index >= 15 is 0 Å². The summed E-state index contributed by atoms with van der Waals surface area (Å²) >= 11 is 0. The molecule has 0 aliphatic heterocycles. The first-order chi connectivity index (χ1) is 11.8. The molecule has 6 nitrogen and oxygen atoms in total. The third kappa shape index (κ3) is 5.46. The van der Waals surface area contributed by atoms with E-state index in [1.807, 2.05) is 6.07 Å². The van der Waals surface area contributed by atoms with Crippen LogP contribution in [-0.4, -0.2) is 16.6 Å². The second-order valence-electron chi connectivity index (χ2n) is 6.36. The Balaban J connectivity index is 2.24. The standard InChI is InChI=1S/C19H20N2O4/c1-19(2,3)25-18(22)20-16-10-6-4-8-14(16)12-13-15-9-5-7-11-17(15)21(23)24/h4-13H,1-3H3,(H,20,22)/b13-12+. The Bertz CT molecular complexity index is 807. The minimum atomic E-state index is -0.598. The van der Waals surface area contributed by atoms with Gasteiger partial charge in [-0.25, -0.2) is 4.79 Å². The van der Waals surface area contributed by atoms with E-state index in [9.17, 15) is 14.9 Å². The number of nitro groups is 1. The van der Waals surface area contributed by atoms with Gasteiger partial charge in [-0.2, -0.15) is 0 Å². The van der Waals surface area contributed by atoms with Crippen LogP contribution in [-0.2, 0) is 4.74 Å². The number of hydrogen-bond donors (Lipinski definition) is 1. The predicted octanol–water partition coefficient (Wildman–Crippen LogP) is 5.11. The lowest BCUT2D eigenvalue weighted by Gasteiger charge is -2.20. The van der Waals surface area contributed by atoms with Crippen molar-refractivity contribution in [3.63, 3.8) is 0 Å². The fourth-order valence-electron chi connectivity index (χ4n) is 2.14. The summed E-state index contributed by atoms with van der Waals surface area (Å²) in [4.78, 5) is 22.6. The predicted molar refractivity (Wildman–Crippen MR) is 98.3 cm³/mol. The number of carbonyl (C=O) groups excluding carboxylic acids is 1. The smallest absolute Gasteiger partial charge is 0.412 e. The van der Waals surface area contributed by atoms with Crippen LogP contribution in [0.25, 0.3) is 12.2 Å². The Morgan fingerprint density at radius 3 is 2.24 bits per heavy atom. The summed E-state index contributed by atoms with van der Waals surface area (Å²) in [7, 11) is 0. The normalized spacial score (nSPS) is 11.3. The molecule has 1 N–H and O–H groups in total. The molecule has 2 rings (SSSR count). The maximum Gasteiger partial charge on any atom is 0.412 e. The molecule has 0 radical (unpaired) electrons. The number of amides is 1. The third-order valence-corrected chi connectivity index (χ3v) is 3.17. The third-order valence-electron chi connectivity index (χ3n) is 3.17. The molecule has 0 bridgehead atoms. The molecule has 25 heavy (non-hydrogen) atoms. The number of carbonyl (C=O) groups is 1. The van der Waals surface area contributed by atoms with Gasteiger partial charge in [-0.3, -0.25) is 15.4 Å². The van der Waals surface area contributed by atoms with Gasteiger partial charge in [0.25, 0.3) is 5.69 Å². The zero-order valence-corrected chi connectivity index (χ0v) is 14.4. The molecule has 0 aliphatic carbocycles. The zero-order valence-electron chi connectivity index (χ0n) is 14.4. The lowest BCUT2D eigenvalue weighted by molar-refractivity contribution is -0.385. The van der Waals surface area contributed by atoms with Crippen molar-refractivity contribution in [1.29, 1.82) is 0 Å². The molecule has 6 heteroatoms. The summed E-state index contributed by atoms with van der Waals surface area (Å²) < 4.78 is 5.25. The number of rotatable bonds is 4. The van der Waals surface area contributed by atoms with Crippen molar-refractivity contribution in [2.24, 2.45) is 0 Å². The molecular weight excluding hydrogens is 320 g/mol. The van der Waals surface area contributed by atoms with Gasteiger partial charge < -0.3 is 4.74 Å². The quantitative estimate of drug-likeness (QED) is 0.476. The average Bonchev–Trinajstić information content (AvgIpc) is 2.52. The highest BCUT2D eigenvalue weighted by Crippen LogP contribution is 2.23. The lowest BCUT2D eigenvalue weighted by atomic mass is 10.1. The molecule has 0 saturated heterocycles. The summed E-state index contributed by atoms with van der Waals surface area (Å²) in [5.74, 6) is 0. The highest BCUT2D eigenvalue weighted by molar-refractivity contribution is 5.89. The van der Waals surface area contributed by atoms with E-state index in [1.54, 1.807) is 69.3 Å². The van der Waals surface area contributed by atoms with Crippen LogP contribution in [0.3, 0.4) is 0 Å².